The summed E-state index contributed by atoms with van der Waals surface area (Å²) >= 11 is 0. The van der Waals surface area contributed by atoms with Crippen LogP contribution in [-0.2, 0) is 24.7 Å². The fourth-order valence-electron chi connectivity index (χ4n) is 3.06. The second kappa shape index (κ2) is 8.54. The Labute approximate surface area is 174 Å². The summed E-state index contributed by atoms with van der Waals surface area (Å²) < 4.78 is 50.7. The molecule has 2 amide bonds. The Balaban J connectivity index is 1.74. The molecule has 1 aliphatic heterocycles. The second-order valence-electron chi connectivity index (χ2n) is 6.97. The lowest BCUT2D eigenvalue weighted by atomic mass is 10.2. The summed E-state index contributed by atoms with van der Waals surface area (Å²) in [7, 11) is -7.22. The summed E-state index contributed by atoms with van der Waals surface area (Å²) in [4.78, 5) is 23.6. The molecule has 0 saturated carbocycles. The third-order valence-electron chi connectivity index (χ3n) is 4.40. The lowest BCUT2D eigenvalue weighted by Crippen LogP contribution is -2.35. The van der Waals surface area contributed by atoms with Crippen molar-refractivity contribution in [2.24, 2.45) is 0 Å². The molecule has 1 fully saturated rings. The van der Waals surface area contributed by atoms with E-state index < -0.39 is 31.8 Å². The molecule has 3 N–H and O–H groups in total. The molecule has 2 aromatic carbocycles. The number of rotatable bonds is 6. The van der Waals surface area contributed by atoms with Crippen molar-refractivity contribution < 1.29 is 26.4 Å². The van der Waals surface area contributed by atoms with Crippen molar-refractivity contribution in [3.05, 3.63) is 54.1 Å². The predicted octanol–water partition coefficient (Wildman–Crippen LogP) is 1.36. The van der Waals surface area contributed by atoms with Gasteiger partial charge in [-0.1, -0.05) is 12.1 Å². The molecule has 0 bridgehead atoms. The summed E-state index contributed by atoms with van der Waals surface area (Å²) in [5, 5.41) is 5.26. The second-order valence-corrected chi connectivity index (χ2v) is 10.9. The Morgan fingerprint density at radius 3 is 2.30 bits per heavy atom. The summed E-state index contributed by atoms with van der Waals surface area (Å²) in [6.45, 7) is 1.37. The molecule has 0 aromatic heterocycles. The number of benzene rings is 2. The number of sulfone groups is 1. The SMILES string of the molecule is CC(=O)Nc1cccc(NC(=O)c2cccc(S(=O)(=O)NC3CCS(=O)(=O)C3)c2)c1. The maximum absolute atomic E-state index is 12.6. The minimum Gasteiger partial charge on any atom is -0.326 e. The van der Waals surface area contributed by atoms with Crippen LogP contribution in [-0.4, -0.2) is 46.2 Å². The Hall–Kier alpha value is -2.76. The zero-order valence-electron chi connectivity index (χ0n) is 16.1. The van der Waals surface area contributed by atoms with Gasteiger partial charge in [-0.2, -0.15) is 0 Å². The first-order valence-corrected chi connectivity index (χ1v) is 12.4. The van der Waals surface area contributed by atoms with Crippen molar-refractivity contribution in [3.63, 3.8) is 0 Å². The van der Waals surface area contributed by atoms with E-state index in [0.29, 0.717) is 11.4 Å². The van der Waals surface area contributed by atoms with E-state index >= 15 is 0 Å². The van der Waals surface area contributed by atoms with E-state index in [0.717, 1.165) is 0 Å². The predicted molar refractivity (Wildman–Crippen MR) is 113 cm³/mol. The van der Waals surface area contributed by atoms with Crippen LogP contribution in [0, 0.1) is 0 Å². The largest absolute Gasteiger partial charge is 0.326 e. The van der Waals surface area contributed by atoms with Crippen LogP contribution < -0.4 is 15.4 Å². The van der Waals surface area contributed by atoms with E-state index in [2.05, 4.69) is 15.4 Å². The quantitative estimate of drug-likeness (QED) is 0.606. The molecule has 160 valence electrons. The topological polar surface area (TPSA) is 139 Å². The Morgan fingerprint density at radius 2 is 1.67 bits per heavy atom. The number of amides is 2. The van der Waals surface area contributed by atoms with Gasteiger partial charge in [0.2, 0.25) is 15.9 Å². The maximum atomic E-state index is 12.6. The molecule has 1 unspecified atom stereocenters. The average molecular weight is 452 g/mol. The van der Waals surface area contributed by atoms with Crippen LogP contribution >= 0.6 is 0 Å². The molecular weight excluding hydrogens is 430 g/mol. The van der Waals surface area contributed by atoms with E-state index in [9.17, 15) is 26.4 Å². The summed E-state index contributed by atoms with van der Waals surface area (Å²) in [6, 6.07) is 11.3. The smallest absolute Gasteiger partial charge is 0.255 e. The molecular formula is C19H21N3O6S2. The van der Waals surface area contributed by atoms with E-state index in [1.165, 1.54) is 31.2 Å². The van der Waals surface area contributed by atoms with Gasteiger partial charge in [-0.25, -0.2) is 21.6 Å². The molecule has 11 heteroatoms. The van der Waals surface area contributed by atoms with Crippen molar-refractivity contribution in [1.82, 2.24) is 4.72 Å². The summed E-state index contributed by atoms with van der Waals surface area (Å²) in [5.74, 6) is -1.08. The number of hydrogen-bond acceptors (Lipinski definition) is 6. The minimum absolute atomic E-state index is 0.0554. The molecule has 2 aromatic rings. The first kappa shape index (κ1) is 21.9. The fourth-order valence-corrected chi connectivity index (χ4v) is 6.16. The lowest BCUT2D eigenvalue weighted by Gasteiger charge is -2.13. The highest BCUT2D eigenvalue weighted by molar-refractivity contribution is 7.92. The number of hydrogen-bond donors (Lipinski definition) is 3. The van der Waals surface area contributed by atoms with Gasteiger partial charge in [0.15, 0.2) is 9.84 Å². The lowest BCUT2D eigenvalue weighted by molar-refractivity contribution is -0.114. The van der Waals surface area contributed by atoms with E-state index in [1.54, 1.807) is 24.3 Å². The van der Waals surface area contributed by atoms with Crippen molar-refractivity contribution in [2.75, 3.05) is 22.1 Å². The van der Waals surface area contributed by atoms with Crippen molar-refractivity contribution in [2.45, 2.75) is 24.3 Å². The monoisotopic (exact) mass is 451 g/mol. The van der Waals surface area contributed by atoms with Gasteiger partial charge in [-0.15, -0.1) is 0 Å². The van der Waals surface area contributed by atoms with Gasteiger partial charge in [-0.3, -0.25) is 9.59 Å². The molecule has 1 saturated heterocycles. The number of sulfonamides is 1. The van der Waals surface area contributed by atoms with Gasteiger partial charge in [-0.05, 0) is 42.8 Å². The number of nitrogens with one attached hydrogen (secondary N) is 3. The van der Waals surface area contributed by atoms with Gasteiger partial charge in [0, 0.05) is 29.9 Å². The summed E-state index contributed by atoms with van der Waals surface area (Å²) in [6.07, 6.45) is 0.215. The zero-order valence-corrected chi connectivity index (χ0v) is 17.7. The van der Waals surface area contributed by atoms with Crippen molar-refractivity contribution in [3.8, 4) is 0 Å². The third kappa shape index (κ3) is 5.65. The highest BCUT2D eigenvalue weighted by Gasteiger charge is 2.31. The zero-order chi connectivity index (χ0) is 21.9. The molecule has 0 spiro atoms. The molecule has 0 aliphatic carbocycles. The number of carbonyl (C=O) groups is 2. The normalized spacial score (nSPS) is 18.0. The highest BCUT2D eigenvalue weighted by Crippen LogP contribution is 2.19. The van der Waals surface area contributed by atoms with Crippen LogP contribution in [0.15, 0.2) is 53.4 Å². The first-order chi connectivity index (χ1) is 14.0. The molecule has 1 aliphatic rings. The maximum Gasteiger partial charge on any atom is 0.255 e. The van der Waals surface area contributed by atoms with E-state index in [4.69, 9.17) is 0 Å². The van der Waals surface area contributed by atoms with Crippen LogP contribution in [0.2, 0.25) is 0 Å². The van der Waals surface area contributed by atoms with Crippen LogP contribution in [0.5, 0.6) is 0 Å². The minimum atomic E-state index is -3.98. The Kier molecular flexibility index (Phi) is 6.25. The van der Waals surface area contributed by atoms with Crippen LogP contribution in [0.1, 0.15) is 23.7 Å². The van der Waals surface area contributed by atoms with E-state index in [1.807, 2.05) is 0 Å². The van der Waals surface area contributed by atoms with Crippen molar-refractivity contribution in [1.29, 1.82) is 0 Å². The van der Waals surface area contributed by atoms with Crippen LogP contribution in [0.25, 0.3) is 0 Å². The standard InChI is InChI=1S/C19H21N3O6S2/c1-13(23)20-15-5-3-6-16(11-15)21-19(24)14-4-2-7-18(10-14)30(27,28)22-17-8-9-29(25,26)12-17/h2-7,10-11,17,22H,8-9,12H2,1H3,(H,20,23)(H,21,24). The van der Waals surface area contributed by atoms with Gasteiger partial charge < -0.3 is 10.6 Å². The van der Waals surface area contributed by atoms with Gasteiger partial charge in [0.1, 0.15) is 0 Å². The Morgan fingerprint density at radius 1 is 1.00 bits per heavy atom. The fraction of sp³-hybridized carbons (Fsp3) is 0.263. The molecule has 1 heterocycles. The van der Waals surface area contributed by atoms with Gasteiger partial charge in [0.05, 0.1) is 16.4 Å². The molecule has 3 rings (SSSR count). The first-order valence-electron chi connectivity index (χ1n) is 9.06. The number of carbonyl (C=O) groups excluding carboxylic acids is 2. The Bertz CT molecular complexity index is 1190. The van der Waals surface area contributed by atoms with Crippen LogP contribution in [0.4, 0.5) is 11.4 Å². The van der Waals surface area contributed by atoms with Crippen LogP contribution in [0.3, 0.4) is 0 Å². The highest BCUT2D eigenvalue weighted by atomic mass is 32.2. The third-order valence-corrected chi connectivity index (χ3v) is 7.69. The van der Waals surface area contributed by atoms with Gasteiger partial charge in [0.25, 0.3) is 5.91 Å². The molecule has 30 heavy (non-hydrogen) atoms. The molecule has 9 nitrogen and oxygen atoms in total. The van der Waals surface area contributed by atoms with Crippen molar-refractivity contribution >= 4 is 43.0 Å². The van der Waals surface area contributed by atoms with E-state index in [-0.39, 0.29) is 34.3 Å². The molecule has 0 radical (unpaired) electrons. The average Bonchev–Trinajstić information content (AvgIpc) is 2.99. The van der Waals surface area contributed by atoms with Gasteiger partial charge >= 0.3 is 0 Å². The summed E-state index contributed by atoms with van der Waals surface area (Å²) in [5.41, 5.74) is 1.04. The molecule has 1 atom stereocenters. The number of anilines is 2.